The van der Waals surface area contributed by atoms with E-state index in [1.165, 1.54) is 0 Å². The SMILES string of the molecule is O=S(=O)(F)O[I-]c1ccccc1. The van der Waals surface area contributed by atoms with E-state index in [9.17, 15) is 12.3 Å². The van der Waals surface area contributed by atoms with E-state index in [0.717, 1.165) is 3.57 Å². The Morgan fingerprint density at radius 3 is 2.33 bits per heavy atom. The molecule has 0 aromatic heterocycles. The summed E-state index contributed by atoms with van der Waals surface area (Å²) < 4.78 is 36.5. The Labute approximate surface area is 80.8 Å². The van der Waals surface area contributed by atoms with E-state index in [4.69, 9.17) is 0 Å². The van der Waals surface area contributed by atoms with E-state index in [2.05, 4.69) is 2.51 Å². The first kappa shape index (κ1) is 9.87. The maximum absolute atomic E-state index is 11.9. The molecule has 1 aromatic carbocycles. The van der Waals surface area contributed by atoms with Crippen molar-refractivity contribution in [2.24, 2.45) is 0 Å². The van der Waals surface area contributed by atoms with Gasteiger partial charge in [-0.1, -0.05) is 0 Å². The van der Waals surface area contributed by atoms with Crippen molar-refractivity contribution in [3.8, 4) is 0 Å². The molecular weight excluding hydrogens is 298 g/mol. The van der Waals surface area contributed by atoms with Gasteiger partial charge in [0.25, 0.3) is 0 Å². The first-order valence-electron chi connectivity index (χ1n) is 2.91. The summed E-state index contributed by atoms with van der Waals surface area (Å²) in [4.78, 5) is 0. The Hall–Kier alpha value is -0.210. The fourth-order valence-corrected chi connectivity index (χ4v) is 2.66. The van der Waals surface area contributed by atoms with Crippen molar-refractivity contribution in [2.45, 2.75) is 0 Å². The molecule has 6 heteroatoms. The fraction of sp³-hybridized carbons (Fsp3) is 0. The second-order valence-electron chi connectivity index (χ2n) is 1.83. The summed E-state index contributed by atoms with van der Waals surface area (Å²) in [5.74, 6) is 0. The third-order valence-corrected chi connectivity index (χ3v) is 4.20. The molecule has 0 radical (unpaired) electrons. The summed E-state index contributed by atoms with van der Waals surface area (Å²) in [6.45, 7) is 0. The predicted molar refractivity (Wildman–Crippen MR) is 36.3 cm³/mol. The number of halogens is 2. The average molecular weight is 303 g/mol. The van der Waals surface area contributed by atoms with Crippen LogP contribution < -0.4 is 21.6 Å². The number of rotatable bonds is 3. The van der Waals surface area contributed by atoms with Gasteiger partial charge >= 0.3 is 80.8 Å². The predicted octanol–water partition coefficient (Wildman–Crippen LogP) is -1.91. The Morgan fingerprint density at radius 1 is 1.25 bits per heavy atom. The monoisotopic (exact) mass is 303 g/mol. The van der Waals surface area contributed by atoms with Gasteiger partial charge in [0, 0.05) is 0 Å². The molecule has 0 unspecified atom stereocenters. The fourth-order valence-electron chi connectivity index (χ4n) is 0.540. The van der Waals surface area contributed by atoms with E-state index in [-0.39, 0.29) is 0 Å². The van der Waals surface area contributed by atoms with Crippen LogP contribution in [-0.2, 0) is 13.0 Å². The molecule has 0 saturated carbocycles. The van der Waals surface area contributed by atoms with Gasteiger partial charge in [0.1, 0.15) is 0 Å². The number of hydrogen-bond acceptors (Lipinski definition) is 3. The molecule has 0 N–H and O–H groups in total. The van der Waals surface area contributed by atoms with E-state index >= 15 is 0 Å². The summed E-state index contributed by atoms with van der Waals surface area (Å²) >= 11 is -1.23. The summed E-state index contributed by atoms with van der Waals surface area (Å²) in [5, 5.41) is 0. The van der Waals surface area contributed by atoms with Crippen molar-refractivity contribution < 1.29 is 36.4 Å². The van der Waals surface area contributed by atoms with Crippen molar-refractivity contribution in [2.75, 3.05) is 0 Å². The number of hydrogen-bond donors (Lipinski definition) is 0. The molecule has 68 valence electrons. The van der Waals surface area contributed by atoms with Gasteiger partial charge in [-0.25, -0.2) is 0 Å². The van der Waals surface area contributed by atoms with Crippen LogP contribution in [0.3, 0.4) is 0 Å². The second kappa shape index (κ2) is 4.15. The molecule has 12 heavy (non-hydrogen) atoms. The maximum atomic E-state index is 11.9. The molecule has 1 rings (SSSR count). The molecule has 0 aliphatic carbocycles. The van der Waals surface area contributed by atoms with E-state index < -0.39 is 32.1 Å². The third-order valence-electron chi connectivity index (χ3n) is 0.929. The number of benzene rings is 1. The van der Waals surface area contributed by atoms with E-state index in [1.807, 2.05) is 0 Å². The topological polar surface area (TPSA) is 43.4 Å². The minimum atomic E-state index is -4.77. The van der Waals surface area contributed by atoms with Gasteiger partial charge in [-0.15, -0.1) is 0 Å². The molecule has 0 bridgehead atoms. The van der Waals surface area contributed by atoms with Crippen molar-refractivity contribution in [1.82, 2.24) is 0 Å². The van der Waals surface area contributed by atoms with Crippen LogP contribution in [0.1, 0.15) is 0 Å². The van der Waals surface area contributed by atoms with Gasteiger partial charge in [0.05, 0.1) is 0 Å². The van der Waals surface area contributed by atoms with Gasteiger partial charge in [0.2, 0.25) is 0 Å². The Bertz CT molecular complexity index is 337. The summed E-state index contributed by atoms with van der Waals surface area (Å²) in [7, 11) is -4.77. The van der Waals surface area contributed by atoms with E-state index in [1.54, 1.807) is 30.3 Å². The minimum absolute atomic E-state index is 0.720. The molecule has 1 aromatic rings. The van der Waals surface area contributed by atoms with Crippen LogP contribution in [0.15, 0.2) is 30.3 Å². The van der Waals surface area contributed by atoms with Crippen molar-refractivity contribution in [1.29, 1.82) is 0 Å². The van der Waals surface area contributed by atoms with Crippen LogP contribution in [0.4, 0.5) is 3.89 Å². The first-order chi connectivity index (χ1) is 5.58. The third kappa shape index (κ3) is 3.98. The molecular formula is C6H5FIO3S-. The zero-order valence-corrected chi connectivity index (χ0v) is 8.75. The van der Waals surface area contributed by atoms with Crippen molar-refractivity contribution >= 4 is 10.5 Å². The molecule has 3 nitrogen and oxygen atoms in total. The first-order valence-corrected chi connectivity index (χ1v) is 6.18. The van der Waals surface area contributed by atoms with Crippen LogP contribution in [0.5, 0.6) is 0 Å². The Balaban J connectivity index is 2.56. The normalized spacial score (nSPS) is 11.8. The van der Waals surface area contributed by atoms with Crippen LogP contribution in [0.25, 0.3) is 0 Å². The van der Waals surface area contributed by atoms with Crippen LogP contribution >= 0.6 is 0 Å². The van der Waals surface area contributed by atoms with Gasteiger partial charge < -0.3 is 0 Å². The Kier molecular flexibility index (Phi) is 3.41. The van der Waals surface area contributed by atoms with Gasteiger partial charge in [-0.2, -0.15) is 0 Å². The van der Waals surface area contributed by atoms with Crippen LogP contribution in [0.2, 0.25) is 0 Å². The van der Waals surface area contributed by atoms with Gasteiger partial charge in [-0.05, 0) is 0 Å². The van der Waals surface area contributed by atoms with E-state index in [0.29, 0.717) is 0 Å². The van der Waals surface area contributed by atoms with Crippen molar-refractivity contribution in [3.63, 3.8) is 0 Å². The molecule has 0 spiro atoms. The van der Waals surface area contributed by atoms with Crippen molar-refractivity contribution in [3.05, 3.63) is 33.9 Å². The standard InChI is InChI=1S/C6H5FIO3S/c7-12(9,10)11-8-6-4-2-1-3-5-6/h1-5H/q-1. The second-order valence-corrected chi connectivity index (χ2v) is 5.51. The molecule has 0 heterocycles. The van der Waals surface area contributed by atoms with Gasteiger partial charge in [-0.3, -0.25) is 0 Å². The molecule has 0 fully saturated rings. The molecule has 0 atom stereocenters. The summed E-state index contributed by atoms with van der Waals surface area (Å²) in [6.07, 6.45) is 0. The van der Waals surface area contributed by atoms with Crippen LogP contribution in [-0.4, -0.2) is 8.42 Å². The summed E-state index contributed by atoms with van der Waals surface area (Å²) in [5.41, 5.74) is 0. The molecule has 0 amide bonds. The van der Waals surface area contributed by atoms with Gasteiger partial charge in [0.15, 0.2) is 0 Å². The molecule has 0 aliphatic rings. The zero-order chi connectivity index (χ0) is 9.03. The zero-order valence-electron chi connectivity index (χ0n) is 5.78. The quantitative estimate of drug-likeness (QED) is 0.483. The Morgan fingerprint density at radius 2 is 1.83 bits per heavy atom. The molecule has 0 saturated heterocycles. The molecule has 0 aliphatic heterocycles. The summed E-state index contributed by atoms with van der Waals surface area (Å²) in [6, 6.07) is 8.65. The average Bonchev–Trinajstić information content (AvgIpc) is 2.02. The van der Waals surface area contributed by atoms with Crippen LogP contribution in [0, 0.1) is 3.57 Å².